The standard InChI is InChI=1S/C16H26N2/c1-2-18(14-15-8-4-3-5-9-15)13-11-16-10-6-7-12-17-16/h3-5,8-9,16-17H,2,6-7,10-14H2,1H3. The predicted octanol–water partition coefficient (Wildman–Crippen LogP) is 3.04. The fraction of sp³-hybridized carbons (Fsp3) is 0.625. The Labute approximate surface area is 111 Å². The van der Waals surface area contributed by atoms with Gasteiger partial charge < -0.3 is 5.32 Å². The summed E-state index contributed by atoms with van der Waals surface area (Å²) in [6, 6.07) is 11.6. The van der Waals surface area contributed by atoms with Crippen LogP contribution >= 0.6 is 0 Å². The van der Waals surface area contributed by atoms with E-state index in [1.165, 1.54) is 44.3 Å². The van der Waals surface area contributed by atoms with E-state index >= 15 is 0 Å². The lowest BCUT2D eigenvalue weighted by molar-refractivity contribution is 0.249. The molecule has 0 radical (unpaired) electrons. The summed E-state index contributed by atoms with van der Waals surface area (Å²) in [5.74, 6) is 0. The molecule has 2 rings (SSSR count). The largest absolute Gasteiger partial charge is 0.314 e. The van der Waals surface area contributed by atoms with Crippen LogP contribution in [-0.4, -0.2) is 30.6 Å². The van der Waals surface area contributed by atoms with E-state index in [0.717, 1.165) is 19.1 Å². The summed E-state index contributed by atoms with van der Waals surface area (Å²) in [5, 5.41) is 3.64. The Morgan fingerprint density at radius 2 is 2.06 bits per heavy atom. The third kappa shape index (κ3) is 4.43. The zero-order valence-electron chi connectivity index (χ0n) is 11.6. The summed E-state index contributed by atoms with van der Waals surface area (Å²) in [4.78, 5) is 2.55. The maximum absolute atomic E-state index is 3.64. The summed E-state index contributed by atoms with van der Waals surface area (Å²) in [6.07, 6.45) is 5.42. The second-order valence-electron chi connectivity index (χ2n) is 5.29. The van der Waals surface area contributed by atoms with Crippen LogP contribution in [0.3, 0.4) is 0 Å². The fourth-order valence-corrected chi connectivity index (χ4v) is 2.70. The van der Waals surface area contributed by atoms with Gasteiger partial charge in [0.25, 0.3) is 0 Å². The van der Waals surface area contributed by atoms with Crippen molar-refractivity contribution >= 4 is 0 Å². The molecule has 1 atom stereocenters. The Kier molecular flexibility index (Phi) is 5.69. The van der Waals surface area contributed by atoms with Crippen molar-refractivity contribution in [1.82, 2.24) is 10.2 Å². The average molecular weight is 246 g/mol. The molecule has 100 valence electrons. The van der Waals surface area contributed by atoms with Gasteiger partial charge in [0, 0.05) is 12.6 Å². The Bertz CT molecular complexity index is 317. The van der Waals surface area contributed by atoms with Gasteiger partial charge in [-0.1, -0.05) is 43.7 Å². The lowest BCUT2D eigenvalue weighted by Crippen LogP contribution is -2.37. The molecule has 2 nitrogen and oxygen atoms in total. The molecular formula is C16H26N2. The Morgan fingerprint density at radius 3 is 2.72 bits per heavy atom. The van der Waals surface area contributed by atoms with Gasteiger partial charge >= 0.3 is 0 Å². The summed E-state index contributed by atoms with van der Waals surface area (Å²) < 4.78 is 0. The lowest BCUT2D eigenvalue weighted by Gasteiger charge is -2.27. The van der Waals surface area contributed by atoms with Crippen molar-refractivity contribution in [1.29, 1.82) is 0 Å². The van der Waals surface area contributed by atoms with Crippen molar-refractivity contribution in [2.24, 2.45) is 0 Å². The van der Waals surface area contributed by atoms with E-state index in [1.54, 1.807) is 0 Å². The molecule has 0 aromatic heterocycles. The second kappa shape index (κ2) is 7.55. The van der Waals surface area contributed by atoms with Crippen LogP contribution in [0.1, 0.15) is 38.2 Å². The average Bonchev–Trinajstić information content (AvgIpc) is 2.45. The van der Waals surface area contributed by atoms with Crippen LogP contribution in [0.2, 0.25) is 0 Å². The van der Waals surface area contributed by atoms with Crippen LogP contribution in [0.25, 0.3) is 0 Å². The van der Waals surface area contributed by atoms with E-state index in [9.17, 15) is 0 Å². The first-order valence-electron chi connectivity index (χ1n) is 7.38. The Balaban J connectivity index is 1.75. The van der Waals surface area contributed by atoms with Crippen LogP contribution < -0.4 is 5.32 Å². The first-order valence-corrected chi connectivity index (χ1v) is 7.38. The first-order chi connectivity index (χ1) is 8.88. The topological polar surface area (TPSA) is 15.3 Å². The maximum Gasteiger partial charge on any atom is 0.0233 e. The highest BCUT2D eigenvalue weighted by molar-refractivity contribution is 5.14. The number of benzene rings is 1. The minimum absolute atomic E-state index is 0.753. The molecule has 1 aromatic carbocycles. The van der Waals surface area contributed by atoms with Gasteiger partial charge in [0.1, 0.15) is 0 Å². The summed E-state index contributed by atoms with van der Waals surface area (Å²) in [6.45, 7) is 6.92. The van der Waals surface area contributed by atoms with Gasteiger partial charge in [-0.25, -0.2) is 0 Å². The van der Waals surface area contributed by atoms with E-state index in [0.29, 0.717) is 0 Å². The minimum Gasteiger partial charge on any atom is -0.314 e. The quantitative estimate of drug-likeness (QED) is 0.830. The molecule has 1 fully saturated rings. The Hall–Kier alpha value is -0.860. The predicted molar refractivity (Wildman–Crippen MR) is 77.7 cm³/mol. The van der Waals surface area contributed by atoms with Gasteiger partial charge in [0.15, 0.2) is 0 Å². The van der Waals surface area contributed by atoms with Gasteiger partial charge in [0.05, 0.1) is 0 Å². The highest BCUT2D eigenvalue weighted by atomic mass is 15.1. The number of rotatable bonds is 6. The minimum atomic E-state index is 0.753. The van der Waals surface area contributed by atoms with Crippen LogP contribution in [0, 0.1) is 0 Å². The molecule has 1 saturated heterocycles. The van der Waals surface area contributed by atoms with E-state index in [4.69, 9.17) is 0 Å². The monoisotopic (exact) mass is 246 g/mol. The highest BCUT2D eigenvalue weighted by Crippen LogP contribution is 2.12. The van der Waals surface area contributed by atoms with E-state index < -0.39 is 0 Å². The van der Waals surface area contributed by atoms with Crippen LogP contribution in [0.4, 0.5) is 0 Å². The molecule has 0 bridgehead atoms. The molecule has 1 aliphatic rings. The normalized spacial score (nSPS) is 20.2. The number of piperidine rings is 1. The third-order valence-electron chi connectivity index (χ3n) is 3.90. The smallest absolute Gasteiger partial charge is 0.0233 e. The molecule has 1 heterocycles. The molecule has 0 spiro atoms. The third-order valence-corrected chi connectivity index (χ3v) is 3.90. The van der Waals surface area contributed by atoms with Crippen LogP contribution in [0.5, 0.6) is 0 Å². The van der Waals surface area contributed by atoms with E-state index in [2.05, 4.69) is 47.5 Å². The molecular weight excluding hydrogens is 220 g/mol. The summed E-state index contributed by atoms with van der Waals surface area (Å²) in [7, 11) is 0. The van der Waals surface area contributed by atoms with Crippen molar-refractivity contribution in [3.05, 3.63) is 35.9 Å². The summed E-state index contributed by atoms with van der Waals surface area (Å²) in [5.41, 5.74) is 1.43. The molecule has 1 aliphatic heterocycles. The molecule has 18 heavy (non-hydrogen) atoms. The van der Waals surface area contributed by atoms with Gasteiger partial charge in [-0.15, -0.1) is 0 Å². The van der Waals surface area contributed by atoms with Crippen LogP contribution in [0.15, 0.2) is 30.3 Å². The van der Waals surface area contributed by atoms with Crippen molar-refractivity contribution in [3.8, 4) is 0 Å². The SMILES string of the molecule is CCN(CCC1CCCCN1)Cc1ccccc1. The van der Waals surface area contributed by atoms with Gasteiger partial charge in [-0.3, -0.25) is 4.90 Å². The molecule has 2 heteroatoms. The molecule has 0 amide bonds. The lowest BCUT2D eigenvalue weighted by atomic mass is 10.0. The van der Waals surface area contributed by atoms with Crippen molar-refractivity contribution in [2.45, 2.75) is 45.2 Å². The zero-order valence-corrected chi connectivity index (χ0v) is 11.6. The van der Waals surface area contributed by atoms with Crippen LogP contribution in [-0.2, 0) is 6.54 Å². The molecule has 1 unspecified atom stereocenters. The summed E-state index contributed by atoms with van der Waals surface area (Å²) >= 11 is 0. The van der Waals surface area contributed by atoms with Gasteiger partial charge in [0.2, 0.25) is 0 Å². The van der Waals surface area contributed by atoms with Crippen molar-refractivity contribution in [3.63, 3.8) is 0 Å². The molecule has 0 saturated carbocycles. The van der Waals surface area contributed by atoms with Gasteiger partial charge in [-0.2, -0.15) is 0 Å². The Morgan fingerprint density at radius 1 is 1.22 bits per heavy atom. The number of hydrogen-bond donors (Lipinski definition) is 1. The number of nitrogens with zero attached hydrogens (tertiary/aromatic N) is 1. The molecule has 1 N–H and O–H groups in total. The fourth-order valence-electron chi connectivity index (χ4n) is 2.70. The second-order valence-corrected chi connectivity index (χ2v) is 5.29. The van der Waals surface area contributed by atoms with E-state index in [1.807, 2.05) is 0 Å². The van der Waals surface area contributed by atoms with Crippen molar-refractivity contribution in [2.75, 3.05) is 19.6 Å². The zero-order chi connectivity index (χ0) is 12.6. The van der Waals surface area contributed by atoms with Gasteiger partial charge in [-0.05, 0) is 44.5 Å². The molecule has 0 aliphatic carbocycles. The number of hydrogen-bond acceptors (Lipinski definition) is 2. The first kappa shape index (κ1) is 13.6. The number of nitrogens with one attached hydrogen (secondary N) is 1. The molecule has 1 aromatic rings. The van der Waals surface area contributed by atoms with E-state index in [-0.39, 0.29) is 0 Å². The maximum atomic E-state index is 3.64. The highest BCUT2D eigenvalue weighted by Gasteiger charge is 2.13. The van der Waals surface area contributed by atoms with Crippen molar-refractivity contribution < 1.29 is 0 Å².